The van der Waals surface area contributed by atoms with Crippen LogP contribution in [0.1, 0.15) is 73.1 Å². The highest BCUT2D eigenvalue weighted by molar-refractivity contribution is 5.21. The second-order valence-corrected chi connectivity index (χ2v) is 11.1. The van der Waals surface area contributed by atoms with Crippen LogP contribution >= 0.6 is 0 Å². The van der Waals surface area contributed by atoms with Gasteiger partial charge in [-0.1, -0.05) is 77.4 Å². The van der Waals surface area contributed by atoms with E-state index in [1.807, 2.05) is 74.5 Å². The molecule has 2 saturated heterocycles. The minimum absolute atomic E-state index is 0.343. The molecule has 0 spiro atoms. The van der Waals surface area contributed by atoms with Crippen molar-refractivity contribution in [3.05, 3.63) is 60.7 Å². The summed E-state index contributed by atoms with van der Waals surface area (Å²) in [5.41, 5.74) is 0. The summed E-state index contributed by atoms with van der Waals surface area (Å²) in [4.78, 5) is 0. The van der Waals surface area contributed by atoms with E-state index in [4.69, 9.17) is 18.9 Å². The van der Waals surface area contributed by atoms with Crippen LogP contribution in [0.15, 0.2) is 60.7 Å². The Morgan fingerprint density at radius 2 is 1.03 bits per heavy atom. The maximum Gasteiger partial charge on any atom is 0.119 e. The Morgan fingerprint density at radius 1 is 0.658 bits per heavy atom. The van der Waals surface area contributed by atoms with Gasteiger partial charge < -0.3 is 18.9 Å². The van der Waals surface area contributed by atoms with Gasteiger partial charge in [0.2, 0.25) is 0 Å². The van der Waals surface area contributed by atoms with Crippen molar-refractivity contribution in [3.8, 4) is 11.5 Å². The van der Waals surface area contributed by atoms with Crippen LogP contribution in [0.5, 0.6) is 11.5 Å². The van der Waals surface area contributed by atoms with E-state index in [-0.39, 0.29) is 0 Å². The molecule has 7 rings (SSSR count). The first-order valence-corrected chi connectivity index (χ1v) is 15.2. The normalized spacial score (nSPS) is 30.4. The number of epoxide rings is 2. The molecule has 38 heavy (non-hydrogen) atoms. The first-order chi connectivity index (χ1) is 18.7. The maximum atomic E-state index is 5.40. The zero-order valence-corrected chi connectivity index (χ0v) is 24.5. The lowest BCUT2D eigenvalue weighted by Gasteiger charge is -2.23. The fourth-order valence-electron chi connectivity index (χ4n) is 6.03. The van der Waals surface area contributed by atoms with Crippen LogP contribution in [0.4, 0.5) is 0 Å². The summed E-state index contributed by atoms with van der Waals surface area (Å²) < 4.78 is 20.8. The van der Waals surface area contributed by atoms with Gasteiger partial charge in [0.05, 0.1) is 13.2 Å². The molecule has 0 radical (unpaired) electrons. The van der Waals surface area contributed by atoms with Crippen LogP contribution in [-0.4, -0.2) is 38.6 Å². The third kappa shape index (κ3) is 10.6. The number of ether oxygens (including phenoxy) is 4. The highest BCUT2D eigenvalue weighted by Crippen LogP contribution is 2.59. The van der Waals surface area contributed by atoms with Crippen molar-refractivity contribution in [1.29, 1.82) is 0 Å². The van der Waals surface area contributed by atoms with Crippen LogP contribution in [0, 0.1) is 29.6 Å². The monoisotopic (exact) mass is 524 g/mol. The maximum absolute atomic E-state index is 5.40. The first-order valence-electron chi connectivity index (χ1n) is 15.2. The molecule has 6 unspecified atom stereocenters. The summed E-state index contributed by atoms with van der Waals surface area (Å²) in [6.07, 6.45) is 9.86. The predicted molar refractivity (Wildman–Crippen MR) is 157 cm³/mol. The average Bonchev–Trinajstić information content (AvgIpc) is 3.86. The van der Waals surface area contributed by atoms with Gasteiger partial charge in [0.25, 0.3) is 0 Å². The summed E-state index contributed by atoms with van der Waals surface area (Å²) in [6, 6.07) is 19.6. The molecule has 0 amide bonds. The summed E-state index contributed by atoms with van der Waals surface area (Å²) in [7, 11) is 0. The minimum atomic E-state index is 0.343. The first kappa shape index (κ1) is 30.5. The summed E-state index contributed by atoms with van der Waals surface area (Å²) in [6.45, 7) is 13.8. The van der Waals surface area contributed by atoms with E-state index in [2.05, 4.69) is 20.8 Å². The van der Waals surface area contributed by atoms with Crippen molar-refractivity contribution in [2.24, 2.45) is 29.6 Å². The summed E-state index contributed by atoms with van der Waals surface area (Å²) >= 11 is 0. The van der Waals surface area contributed by atoms with Gasteiger partial charge in [-0.3, -0.25) is 0 Å². The molecular weight excluding hydrogens is 472 g/mol. The summed E-state index contributed by atoms with van der Waals surface area (Å²) in [5.74, 6) is 7.62. The van der Waals surface area contributed by atoms with Gasteiger partial charge >= 0.3 is 0 Å². The fourth-order valence-corrected chi connectivity index (χ4v) is 6.03. The van der Waals surface area contributed by atoms with Gasteiger partial charge in [-0.05, 0) is 86.0 Å². The van der Waals surface area contributed by atoms with Gasteiger partial charge in [-0.15, -0.1) is 0 Å². The van der Waals surface area contributed by atoms with E-state index in [1.54, 1.807) is 32.1 Å². The Hall–Kier alpha value is -2.04. The van der Waals surface area contributed by atoms with Crippen LogP contribution in [-0.2, 0) is 9.47 Å². The van der Waals surface area contributed by atoms with E-state index in [0.717, 1.165) is 30.6 Å². The Kier molecular flexibility index (Phi) is 13.5. The van der Waals surface area contributed by atoms with Crippen molar-refractivity contribution >= 4 is 0 Å². The molecule has 5 fully saturated rings. The molecule has 3 aliphatic carbocycles. The van der Waals surface area contributed by atoms with Gasteiger partial charge in [-0.2, -0.15) is 0 Å². The number of hydrogen-bond acceptors (Lipinski definition) is 4. The van der Waals surface area contributed by atoms with Crippen LogP contribution in [0.25, 0.3) is 0 Å². The zero-order chi connectivity index (χ0) is 27.2. The largest absolute Gasteiger partial charge is 0.491 e. The Balaban J connectivity index is 0.000000146. The molecule has 3 saturated carbocycles. The molecule has 2 bridgehead atoms. The van der Waals surface area contributed by atoms with Gasteiger partial charge in [0.1, 0.15) is 36.9 Å². The number of benzene rings is 2. The third-order valence-electron chi connectivity index (χ3n) is 7.79. The Bertz CT molecular complexity index is 780. The fraction of sp³-hybridized carbons (Fsp3) is 0.647. The predicted octanol–water partition coefficient (Wildman–Crippen LogP) is 8.45. The van der Waals surface area contributed by atoms with Crippen LogP contribution in [0.2, 0.25) is 0 Å². The standard InChI is InChI=1S/C11H18.2C9H10O2.C3H8.C2H6/c1-7-4-10-8-2-3-9(6-8)11(10)5-7;2*1-2-4-8(5-3-1)10-6-9-7-11-9;1-3-2;1-2/h7-11H,2-6H2,1H3;2*1-5,9H,6-7H2;3H2,1-2H3;1-2H3. The van der Waals surface area contributed by atoms with E-state index < -0.39 is 0 Å². The molecule has 2 aromatic rings. The Morgan fingerprint density at radius 3 is 1.37 bits per heavy atom. The summed E-state index contributed by atoms with van der Waals surface area (Å²) in [5, 5.41) is 0. The smallest absolute Gasteiger partial charge is 0.119 e. The molecule has 6 atom stereocenters. The molecule has 2 aromatic carbocycles. The van der Waals surface area contributed by atoms with Crippen LogP contribution < -0.4 is 9.47 Å². The highest BCUT2D eigenvalue weighted by atomic mass is 16.6. The third-order valence-corrected chi connectivity index (χ3v) is 7.79. The van der Waals surface area contributed by atoms with Gasteiger partial charge in [0.15, 0.2) is 0 Å². The van der Waals surface area contributed by atoms with Crippen molar-refractivity contribution < 1.29 is 18.9 Å². The molecule has 212 valence electrons. The van der Waals surface area contributed by atoms with E-state index in [1.165, 1.54) is 30.1 Å². The van der Waals surface area contributed by atoms with E-state index >= 15 is 0 Å². The molecular formula is C34H52O4. The molecule has 0 aromatic heterocycles. The number of fused-ring (bicyclic) bond motifs is 5. The number of para-hydroxylation sites is 2. The Labute approximate surface area is 232 Å². The molecule has 2 aliphatic heterocycles. The highest BCUT2D eigenvalue weighted by Gasteiger charge is 2.50. The van der Waals surface area contributed by atoms with Crippen molar-refractivity contribution in [2.45, 2.75) is 85.4 Å². The molecule has 4 heteroatoms. The molecule has 4 nitrogen and oxygen atoms in total. The molecule has 5 aliphatic rings. The lowest BCUT2D eigenvalue weighted by atomic mass is 9.82. The zero-order valence-electron chi connectivity index (χ0n) is 24.5. The van der Waals surface area contributed by atoms with Crippen LogP contribution in [0.3, 0.4) is 0 Å². The second-order valence-electron chi connectivity index (χ2n) is 11.1. The van der Waals surface area contributed by atoms with E-state index in [0.29, 0.717) is 25.4 Å². The quantitative estimate of drug-likeness (QED) is 0.356. The van der Waals surface area contributed by atoms with Crippen molar-refractivity contribution in [2.75, 3.05) is 26.4 Å². The topological polar surface area (TPSA) is 43.5 Å². The van der Waals surface area contributed by atoms with Crippen molar-refractivity contribution in [1.82, 2.24) is 0 Å². The second kappa shape index (κ2) is 16.8. The lowest BCUT2D eigenvalue weighted by molar-refractivity contribution is 0.259. The van der Waals surface area contributed by atoms with E-state index in [9.17, 15) is 0 Å². The van der Waals surface area contributed by atoms with Gasteiger partial charge in [0, 0.05) is 0 Å². The van der Waals surface area contributed by atoms with Crippen molar-refractivity contribution in [3.63, 3.8) is 0 Å². The number of rotatable bonds is 6. The average molecular weight is 525 g/mol. The molecule has 0 N–H and O–H groups in total. The van der Waals surface area contributed by atoms with Gasteiger partial charge in [-0.25, -0.2) is 0 Å². The SMILES string of the molecule is CC.CC1CC2C3CCC(C3)C2C1.CCC.c1ccc(OCC2CO2)cc1.c1ccc(OCC2CO2)cc1. The number of hydrogen-bond donors (Lipinski definition) is 0. The molecule has 2 heterocycles. The minimum Gasteiger partial charge on any atom is -0.491 e. The lowest BCUT2D eigenvalue weighted by Crippen LogP contribution is -2.15.